The molecule has 0 amide bonds. The molecule has 96 valence electrons. The Kier molecular flexibility index (Phi) is 4.81. The SMILES string of the molecule is CCCNCc1cc(-c2ccsc2C)ccc1Cl. The summed E-state index contributed by atoms with van der Waals surface area (Å²) in [6.45, 7) is 6.19. The number of thiophene rings is 1. The molecule has 3 heteroatoms. The highest BCUT2D eigenvalue weighted by molar-refractivity contribution is 7.10. The zero-order chi connectivity index (χ0) is 13.0. The van der Waals surface area contributed by atoms with Crippen molar-refractivity contribution < 1.29 is 0 Å². The molecule has 0 aliphatic carbocycles. The smallest absolute Gasteiger partial charge is 0.0451 e. The van der Waals surface area contributed by atoms with Gasteiger partial charge >= 0.3 is 0 Å². The molecule has 1 nitrogen and oxygen atoms in total. The third-order valence-electron chi connectivity index (χ3n) is 2.96. The molecular weight excluding hydrogens is 262 g/mol. The van der Waals surface area contributed by atoms with Crippen molar-refractivity contribution in [3.8, 4) is 11.1 Å². The van der Waals surface area contributed by atoms with Gasteiger partial charge in [-0.25, -0.2) is 0 Å². The number of benzene rings is 1. The van der Waals surface area contributed by atoms with Crippen LogP contribution in [-0.4, -0.2) is 6.54 Å². The Hall–Kier alpha value is -0.830. The molecule has 1 aromatic carbocycles. The van der Waals surface area contributed by atoms with Crippen LogP contribution in [0.25, 0.3) is 11.1 Å². The van der Waals surface area contributed by atoms with E-state index in [0.29, 0.717) is 0 Å². The Morgan fingerprint density at radius 1 is 1.28 bits per heavy atom. The molecule has 0 fully saturated rings. The molecule has 0 aliphatic rings. The molecule has 0 saturated heterocycles. The van der Waals surface area contributed by atoms with Gasteiger partial charge in [-0.3, -0.25) is 0 Å². The van der Waals surface area contributed by atoms with Crippen LogP contribution in [0.15, 0.2) is 29.6 Å². The van der Waals surface area contributed by atoms with Crippen LogP contribution in [0.4, 0.5) is 0 Å². The maximum absolute atomic E-state index is 6.24. The first-order valence-corrected chi connectivity index (χ1v) is 7.51. The summed E-state index contributed by atoms with van der Waals surface area (Å²) < 4.78 is 0. The molecular formula is C15H18ClNS. The molecule has 0 aliphatic heterocycles. The molecule has 1 heterocycles. The van der Waals surface area contributed by atoms with Gasteiger partial charge < -0.3 is 5.32 Å². The highest BCUT2D eigenvalue weighted by atomic mass is 35.5. The van der Waals surface area contributed by atoms with Gasteiger partial charge in [0, 0.05) is 16.4 Å². The number of halogens is 1. The molecule has 0 saturated carbocycles. The summed E-state index contributed by atoms with van der Waals surface area (Å²) in [5.41, 5.74) is 3.74. The van der Waals surface area contributed by atoms with Gasteiger partial charge in [0.15, 0.2) is 0 Å². The first kappa shape index (κ1) is 13.6. The lowest BCUT2D eigenvalue weighted by molar-refractivity contribution is 0.676. The Labute approximate surface area is 118 Å². The highest BCUT2D eigenvalue weighted by Gasteiger charge is 2.06. The van der Waals surface area contributed by atoms with Gasteiger partial charge in [0.05, 0.1) is 0 Å². The number of hydrogen-bond acceptors (Lipinski definition) is 2. The first-order chi connectivity index (χ1) is 8.72. The van der Waals surface area contributed by atoms with E-state index in [1.807, 2.05) is 6.07 Å². The van der Waals surface area contributed by atoms with E-state index in [1.54, 1.807) is 11.3 Å². The van der Waals surface area contributed by atoms with E-state index in [4.69, 9.17) is 11.6 Å². The van der Waals surface area contributed by atoms with Crippen molar-refractivity contribution in [1.82, 2.24) is 5.32 Å². The minimum absolute atomic E-state index is 0.837. The normalized spacial score (nSPS) is 10.8. The molecule has 18 heavy (non-hydrogen) atoms. The summed E-state index contributed by atoms with van der Waals surface area (Å²) >= 11 is 8.02. The summed E-state index contributed by atoms with van der Waals surface area (Å²) in [5, 5.41) is 6.37. The fraction of sp³-hybridized carbons (Fsp3) is 0.333. The van der Waals surface area contributed by atoms with E-state index in [9.17, 15) is 0 Å². The Balaban J connectivity index is 2.23. The van der Waals surface area contributed by atoms with Crippen molar-refractivity contribution in [3.63, 3.8) is 0 Å². The molecule has 0 bridgehead atoms. The van der Waals surface area contributed by atoms with Crippen LogP contribution in [-0.2, 0) is 6.54 Å². The van der Waals surface area contributed by atoms with Crippen LogP contribution in [0.3, 0.4) is 0 Å². The summed E-state index contributed by atoms with van der Waals surface area (Å²) in [6.07, 6.45) is 1.14. The predicted molar refractivity (Wildman–Crippen MR) is 81.5 cm³/mol. The van der Waals surface area contributed by atoms with Crippen LogP contribution in [0.1, 0.15) is 23.8 Å². The van der Waals surface area contributed by atoms with Crippen molar-refractivity contribution in [2.45, 2.75) is 26.8 Å². The lowest BCUT2D eigenvalue weighted by Gasteiger charge is -2.08. The molecule has 0 radical (unpaired) electrons. The second-order valence-corrected chi connectivity index (χ2v) is 5.90. The van der Waals surface area contributed by atoms with Gasteiger partial charge in [0.2, 0.25) is 0 Å². The maximum atomic E-state index is 6.24. The molecule has 2 rings (SSSR count). The largest absolute Gasteiger partial charge is 0.313 e. The van der Waals surface area contributed by atoms with Gasteiger partial charge in [0.25, 0.3) is 0 Å². The second kappa shape index (κ2) is 6.37. The molecule has 0 atom stereocenters. The van der Waals surface area contributed by atoms with Crippen molar-refractivity contribution in [2.75, 3.05) is 6.54 Å². The molecule has 1 aromatic heterocycles. The molecule has 0 spiro atoms. The summed E-state index contributed by atoms with van der Waals surface area (Å²) in [4.78, 5) is 1.35. The van der Waals surface area contributed by atoms with Gasteiger partial charge in [0.1, 0.15) is 0 Å². The Bertz CT molecular complexity index is 519. The monoisotopic (exact) mass is 279 g/mol. The van der Waals surface area contributed by atoms with Gasteiger partial charge in [-0.2, -0.15) is 0 Å². The van der Waals surface area contributed by atoms with E-state index in [-0.39, 0.29) is 0 Å². The van der Waals surface area contributed by atoms with Crippen molar-refractivity contribution in [3.05, 3.63) is 45.1 Å². The zero-order valence-electron chi connectivity index (χ0n) is 10.8. The van der Waals surface area contributed by atoms with E-state index in [1.165, 1.54) is 21.6 Å². The van der Waals surface area contributed by atoms with E-state index >= 15 is 0 Å². The minimum Gasteiger partial charge on any atom is -0.313 e. The van der Waals surface area contributed by atoms with Crippen LogP contribution in [0.5, 0.6) is 0 Å². The first-order valence-electron chi connectivity index (χ1n) is 6.26. The van der Waals surface area contributed by atoms with Crippen LogP contribution in [0, 0.1) is 6.92 Å². The average Bonchev–Trinajstić information content (AvgIpc) is 2.78. The molecule has 1 N–H and O–H groups in total. The lowest BCUT2D eigenvalue weighted by atomic mass is 10.0. The Morgan fingerprint density at radius 2 is 2.11 bits per heavy atom. The van der Waals surface area contributed by atoms with Crippen LogP contribution < -0.4 is 5.32 Å². The van der Waals surface area contributed by atoms with Gasteiger partial charge in [-0.15, -0.1) is 11.3 Å². The van der Waals surface area contributed by atoms with E-state index in [0.717, 1.165) is 24.5 Å². The maximum Gasteiger partial charge on any atom is 0.0451 e. The summed E-state index contributed by atoms with van der Waals surface area (Å²) in [5.74, 6) is 0. The molecule has 0 unspecified atom stereocenters. The van der Waals surface area contributed by atoms with Crippen LogP contribution in [0.2, 0.25) is 5.02 Å². The minimum atomic E-state index is 0.837. The number of aryl methyl sites for hydroxylation is 1. The second-order valence-electron chi connectivity index (χ2n) is 4.37. The average molecular weight is 280 g/mol. The fourth-order valence-corrected chi connectivity index (χ4v) is 2.87. The van der Waals surface area contributed by atoms with Crippen molar-refractivity contribution in [2.24, 2.45) is 0 Å². The lowest BCUT2D eigenvalue weighted by Crippen LogP contribution is -2.14. The van der Waals surface area contributed by atoms with Gasteiger partial charge in [-0.05, 0) is 60.2 Å². The fourth-order valence-electron chi connectivity index (χ4n) is 1.96. The third-order valence-corrected chi connectivity index (χ3v) is 4.17. The number of hydrogen-bond donors (Lipinski definition) is 1. The number of nitrogens with one attached hydrogen (secondary N) is 1. The van der Waals surface area contributed by atoms with E-state index in [2.05, 4.69) is 42.7 Å². The highest BCUT2D eigenvalue weighted by Crippen LogP contribution is 2.30. The van der Waals surface area contributed by atoms with Gasteiger partial charge in [-0.1, -0.05) is 24.6 Å². The third kappa shape index (κ3) is 3.14. The topological polar surface area (TPSA) is 12.0 Å². The quantitative estimate of drug-likeness (QED) is 0.770. The standard InChI is InChI=1S/C15H18ClNS/c1-3-7-17-10-13-9-12(4-5-15(13)16)14-6-8-18-11(14)2/h4-6,8-9,17H,3,7,10H2,1-2H3. The summed E-state index contributed by atoms with van der Waals surface area (Å²) in [6, 6.07) is 8.46. The van der Waals surface area contributed by atoms with Crippen molar-refractivity contribution in [1.29, 1.82) is 0 Å². The van der Waals surface area contributed by atoms with E-state index < -0.39 is 0 Å². The zero-order valence-corrected chi connectivity index (χ0v) is 12.4. The predicted octanol–water partition coefficient (Wildman–Crippen LogP) is 4.88. The molecule has 2 aromatic rings. The Morgan fingerprint density at radius 3 is 2.78 bits per heavy atom. The number of rotatable bonds is 5. The van der Waals surface area contributed by atoms with Crippen molar-refractivity contribution >= 4 is 22.9 Å². The van der Waals surface area contributed by atoms with Crippen LogP contribution >= 0.6 is 22.9 Å². The summed E-state index contributed by atoms with van der Waals surface area (Å²) in [7, 11) is 0.